The Labute approximate surface area is 189 Å². The highest BCUT2D eigenvalue weighted by Gasteiger charge is 2.24. The van der Waals surface area contributed by atoms with E-state index in [1.54, 1.807) is 16.9 Å². The third-order valence-electron chi connectivity index (χ3n) is 6.28. The predicted molar refractivity (Wildman–Crippen MR) is 124 cm³/mol. The van der Waals surface area contributed by atoms with Crippen LogP contribution in [0.3, 0.4) is 0 Å². The number of para-hydroxylation sites is 1. The molecule has 0 fully saturated rings. The fraction of sp³-hybridized carbons (Fsp3) is 0.250. The number of nitrogens with two attached hydrogens (primary N) is 1. The number of anilines is 1. The molecule has 0 saturated carbocycles. The molecule has 0 unspecified atom stereocenters. The Balaban J connectivity index is 1.41. The summed E-state index contributed by atoms with van der Waals surface area (Å²) in [6.07, 6.45) is 7.19. The molecule has 9 heteroatoms. The van der Waals surface area contributed by atoms with Gasteiger partial charge in [-0.25, -0.2) is 9.37 Å². The van der Waals surface area contributed by atoms with Crippen LogP contribution in [0.1, 0.15) is 36.2 Å². The number of hydrogen-bond acceptors (Lipinski definition) is 6. The maximum absolute atomic E-state index is 13.9. The lowest BCUT2D eigenvalue weighted by Gasteiger charge is -2.24. The van der Waals surface area contributed by atoms with Crippen LogP contribution in [0.25, 0.3) is 27.9 Å². The van der Waals surface area contributed by atoms with Crippen LogP contribution in [0.15, 0.2) is 48.9 Å². The zero-order valence-corrected chi connectivity index (χ0v) is 18.1. The van der Waals surface area contributed by atoms with Gasteiger partial charge in [0.2, 0.25) is 5.95 Å². The lowest BCUT2D eigenvalue weighted by atomic mass is 9.91. The molecule has 5 aromatic rings. The Morgan fingerprint density at radius 1 is 1.21 bits per heavy atom. The molecule has 4 N–H and O–H groups in total. The Morgan fingerprint density at radius 3 is 2.94 bits per heavy atom. The average Bonchev–Trinajstić information content (AvgIpc) is 3.41. The smallest absolute Gasteiger partial charge is 0.228 e. The van der Waals surface area contributed by atoms with Crippen LogP contribution in [-0.4, -0.2) is 35.6 Å². The molecule has 166 valence electrons. The number of pyridine rings is 1. The van der Waals surface area contributed by atoms with Crippen molar-refractivity contribution >= 4 is 22.5 Å². The third-order valence-corrected chi connectivity index (χ3v) is 6.28. The average molecular weight is 443 g/mol. The van der Waals surface area contributed by atoms with E-state index in [-0.39, 0.29) is 12.1 Å². The van der Waals surface area contributed by atoms with E-state index < -0.39 is 5.82 Å². The van der Waals surface area contributed by atoms with Crippen LogP contribution in [0.2, 0.25) is 0 Å². The Bertz CT molecular complexity index is 1480. The van der Waals surface area contributed by atoms with Crippen molar-refractivity contribution in [1.29, 1.82) is 0 Å². The summed E-state index contributed by atoms with van der Waals surface area (Å²) >= 11 is 0. The quantitative estimate of drug-likeness (QED) is 0.391. The van der Waals surface area contributed by atoms with Gasteiger partial charge in [-0.15, -0.1) is 0 Å². The molecule has 1 aromatic carbocycles. The summed E-state index contributed by atoms with van der Waals surface area (Å²) in [6.45, 7) is 1.88. The van der Waals surface area contributed by atoms with Crippen molar-refractivity contribution in [3.8, 4) is 11.4 Å². The third kappa shape index (κ3) is 3.41. The molecule has 0 spiro atoms. The first-order valence-corrected chi connectivity index (χ1v) is 11.0. The second-order valence-electron chi connectivity index (χ2n) is 8.60. The summed E-state index contributed by atoms with van der Waals surface area (Å²) in [5.74, 6) is 0.494. The number of aryl methyl sites for hydroxylation is 1. The molecule has 0 aliphatic heterocycles. The molecule has 1 aliphatic rings. The summed E-state index contributed by atoms with van der Waals surface area (Å²) in [6, 6.07) is 9.68. The first kappa shape index (κ1) is 19.8. The minimum Gasteiger partial charge on any atom is -0.358 e. The molecule has 4 aromatic heterocycles. The molecule has 0 saturated heterocycles. The lowest BCUT2D eigenvalue weighted by molar-refractivity contribution is 0.599. The SMILES string of the molecule is C[C@@H](N)c1cnn2c(N[C@@H]3CCc4[nH]c5ccccc5c4C3)nc(-c3cncc(F)c3)nc12. The molecule has 8 nitrogen and oxygen atoms in total. The van der Waals surface area contributed by atoms with Gasteiger partial charge in [0, 0.05) is 46.0 Å². The summed E-state index contributed by atoms with van der Waals surface area (Å²) < 4.78 is 15.5. The van der Waals surface area contributed by atoms with Crippen LogP contribution < -0.4 is 11.1 Å². The fourth-order valence-corrected chi connectivity index (χ4v) is 4.65. The molecule has 0 amide bonds. The zero-order chi connectivity index (χ0) is 22.5. The maximum atomic E-state index is 13.9. The molecule has 0 bridgehead atoms. The zero-order valence-electron chi connectivity index (χ0n) is 18.1. The number of halogens is 1. The van der Waals surface area contributed by atoms with Crippen molar-refractivity contribution in [1.82, 2.24) is 29.5 Å². The number of fused-ring (bicyclic) bond motifs is 4. The normalized spacial score (nSPS) is 16.8. The minimum atomic E-state index is -0.439. The van der Waals surface area contributed by atoms with Gasteiger partial charge < -0.3 is 16.0 Å². The Hall–Kier alpha value is -3.85. The van der Waals surface area contributed by atoms with Gasteiger partial charge in [-0.3, -0.25) is 4.98 Å². The number of nitrogens with zero attached hydrogens (tertiary/aromatic N) is 5. The van der Waals surface area contributed by atoms with E-state index in [0.29, 0.717) is 23.0 Å². The summed E-state index contributed by atoms with van der Waals surface area (Å²) in [4.78, 5) is 16.9. The molecule has 4 heterocycles. The van der Waals surface area contributed by atoms with Gasteiger partial charge in [-0.1, -0.05) is 18.2 Å². The van der Waals surface area contributed by atoms with Crippen molar-refractivity contribution < 1.29 is 4.39 Å². The van der Waals surface area contributed by atoms with Crippen molar-refractivity contribution in [3.05, 3.63) is 71.6 Å². The molecular formula is C24H23FN8. The van der Waals surface area contributed by atoms with E-state index in [1.807, 2.05) is 13.0 Å². The van der Waals surface area contributed by atoms with Crippen molar-refractivity contribution in [2.45, 2.75) is 38.3 Å². The van der Waals surface area contributed by atoms with E-state index in [9.17, 15) is 4.39 Å². The van der Waals surface area contributed by atoms with Crippen molar-refractivity contribution in [2.75, 3.05) is 5.32 Å². The minimum absolute atomic E-state index is 0.163. The van der Waals surface area contributed by atoms with Gasteiger partial charge in [0.1, 0.15) is 5.82 Å². The number of benzene rings is 1. The number of rotatable bonds is 4. The van der Waals surface area contributed by atoms with Crippen LogP contribution in [0.5, 0.6) is 0 Å². The first-order valence-electron chi connectivity index (χ1n) is 11.0. The highest BCUT2D eigenvalue weighted by molar-refractivity contribution is 5.85. The standard InChI is InChI=1S/C24H23FN8/c1-13(26)19-12-28-33-23(19)31-22(14-8-15(25)11-27-10-14)32-24(33)29-16-6-7-21-18(9-16)17-4-2-3-5-20(17)30-21/h2-5,8,10-13,16,30H,6-7,9,26H2,1H3,(H,29,31,32)/t13-,16-/m1/s1. The molecule has 1 aliphatic carbocycles. The largest absolute Gasteiger partial charge is 0.358 e. The number of nitrogens with one attached hydrogen (secondary N) is 2. The highest BCUT2D eigenvalue weighted by Crippen LogP contribution is 2.31. The summed E-state index contributed by atoms with van der Waals surface area (Å²) in [5.41, 5.74) is 11.9. The molecular weight excluding hydrogens is 419 g/mol. The van der Waals surface area contributed by atoms with E-state index in [0.717, 1.165) is 31.0 Å². The lowest BCUT2D eigenvalue weighted by Crippen LogP contribution is -2.29. The highest BCUT2D eigenvalue weighted by atomic mass is 19.1. The topological polar surface area (TPSA) is 110 Å². The van der Waals surface area contributed by atoms with Crippen molar-refractivity contribution in [3.63, 3.8) is 0 Å². The summed E-state index contributed by atoms with van der Waals surface area (Å²) in [7, 11) is 0. The van der Waals surface area contributed by atoms with Gasteiger partial charge in [-0.05, 0) is 43.9 Å². The maximum Gasteiger partial charge on any atom is 0.228 e. The molecule has 0 radical (unpaired) electrons. The van der Waals surface area contributed by atoms with Gasteiger partial charge in [0.05, 0.1) is 12.4 Å². The molecule has 6 rings (SSSR count). The van der Waals surface area contributed by atoms with Crippen LogP contribution in [0, 0.1) is 5.82 Å². The van der Waals surface area contributed by atoms with E-state index in [4.69, 9.17) is 10.7 Å². The second-order valence-corrected chi connectivity index (χ2v) is 8.60. The van der Waals surface area contributed by atoms with Crippen LogP contribution >= 0.6 is 0 Å². The van der Waals surface area contributed by atoms with Crippen molar-refractivity contribution in [2.24, 2.45) is 5.73 Å². The predicted octanol–water partition coefficient (Wildman–Crippen LogP) is 3.80. The summed E-state index contributed by atoms with van der Waals surface area (Å²) in [5, 5.41) is 9.33. The van der Waals surface area contributed by atoms with Gasteiger partial charge in [-0.2, -0.15) is 14.6 Å². The van der Waals surface area contributed by atoms with Gasteiger partial charge in [0.15, 0.2) is 11.5 Å². The number of hydrogen-bond donors (Lipinski definition) is 3. The molecule has 2 atom stereocenters. The number of aromatic nitrogens is 6. The Kier molecular flexibility index (Phi) is 4.58. The Morgan fingerprint density at radius 2 is 2.09 bits per heavy atom. The first-order chi connectivity index (χ1) is 16.1. The van der Waals surface area contributed by atoms with E-state index >= 15 is 0 Å². The monoisotopic (exact) mass is 442 g/mol. The fourth-order valence-electron chi connectivity index (χ4n) is 4.65. The van der Waals surface area contributed by atoms with Gasteiger partial charge >= 0.3 is 0 Å². The second kappa shape index (κ2) is 7.63. The molecule has 33 heavy (non-hydrogen) atoms. The van der Waals surface area contributed by atoms with Crippen LogP contribution in [0.4, 0.5) is 10.3 Å². The number of aromatic amines is 1. The van der Waals surface area contributed by atoms with Crippen LogP contribution in [-0.2, 0) is 12.8 Å². The van der Waals surface area contributed by atoms with Gasteiger partial charge in [0.25, 0.3) is 0 Å². The van der Waals surface area contributed by atoms with E-state index in [2.05, 4.69) is 43.6 Å². The van der Waals surface area contributed by atoms with E-state index in [1.165, 1.54) is 28.2 Å². The number of H-pyrrole nitrogens is 1.